The number of amides is 1. The topological polar surface area (TPSA) is 91.9 Å². The van der Waals surface area contributed by atoms with E-state index in [0.29, 0.717) is 5.92 Å². The van der Waals surface area contributed by atoms with Crippen molar-refractivity contribution >= 4 is 17.4 Å². The second kappa shape index (κ2) is 7.41. The number of aryl methyl sites for hydroxylation is 1. The van der Waals surface area contributed by atoms with Gasteiger partial charge in [0.1, 0.15) is 5.75 Å². The number of fused-ring (bicyclic) bond motifs is 1. The van der Waals surface area contributed by atoms with Gasteiger partial charge in [0.05, 0.1) is 17.3 Å². The quantitative estimate of drug-likeness (QED) is 0.566. The van der Waals surface area contributed by atoms with Crippen LogP contribution in [0.5, 0.6) is 5.75 Å². The molecular formula is C24H27N5O2. The number of hydrogen-bond acceptors (Lipinski definition) is 5. The monoisotopic (exact) mass is 417 g/mol. The highest BCUT2D eigenvalue weighted by atomic mass is 16.5. The van der Waals surface area contributed by atoms with Gasteiger partial charge >= 0.3 is 0 Å². The largest absolute Gasteiger partial charge is 0.489 e. The normalized spacial score (nSPS) is 21.6. The molecule has 2 aliphatic rings. The van der Waals surface area contributed by atoms with Crippen molar-refractivity contribution in [2.45, 2.75) is 57.6 Å². The number of aromatic nitrogens is 3. The van der Waals surface area contributed by atoms with Crippen molar-refractivity contribution in [2.75, 3.05) is 5.32 Å². The van der Waals surface area contributed by atoms with E-state index < -0.39 is 0 Å². The summed E-state index contributed by atoms with van der Waals surface area (Å²) in [5.74, 6) is 2.02. The van der Waals surface area contributed by atoms with Crippen LogP contribution in [0.1, 0.15) is 66.3 Å². The molecule has 1 amide bonds. The zero-order valence-corrected chi connectivity index (χ0v) is 18.0. The molecule has 3 aromatic rings. The molecule has 7 nitrogen and oxygen atoms in total. The number of ether oxygens (including phenoxy) is 1. The predicted octanol–water partition coefficient (Wildman–Crippen LogP) is 4.55. The maximum absolute atomic E-state index is 12.1. The van der Waals surface area contributed by atoms with Crippen molar-refractivity contribution in [3.63, 3.8) is 0 Å². The van der Waals surface area contributed by atoms with Crippen molar-refractivity contribution in [3.8, 4) is 5.75 Å². The Morgan fingerprint density at radius 3 is 2.90 bits per heavy atom. The van der Waals surface area contributed by atoms with E-state index in [1.54, 1.807) is 6.20 Å². The van der Waals surface area contributed by atoms with Crippen LogP contribution in [0.3, 0.4) is 0 Å². The molecule has 1 aliphatic carbocycles. The number of hydrogen-bond donors (Lipinski definition) is 3. The molecule has 0 radical (unpaired) electrons. The van der Waals surface area contributed by atoms with Crippen molar-refractivity contribution in [1.29, 1.82) is 0 Å². The summed E-state index contributed by atoms with van der Waals surface area (Å²) in [5.41, 5.74) is 4.33. The van der Waals surface area contributed by atoms with Gasteiger partial charge in [0.2, 0.25) is 0 Å². The molecule has 7 heteroatoms. The number of nitrogens with one attached hydrogen (secondary N) is 3. The first kappa shape index (κ1) is 19.6. The van der Waals surface area contributed by atoms with Crippen LogP contribution in [-0.2, 0) is 5.54 Å². The van der Waals surface area contributed by atoms with Crippen molar-refractivity contribution in [1.82, 2.24) is 20.5 Å². The second-order valence-corrected chi connectivity index (χ2v) is 9.01. The minimum absolute atomic E-state index is 0.0203. The summed E-state index contributed by atoms with van der Waals surface area (Å²) in [4.78, 5) is 16.4. The third kappa shape index (κ3) is 3.76. The van der Waals surface area contributed by atoms with Gasteiger partial charge < -0.3 is 15.4 Å². The highest BCUT2D eigenvalue weighted by Gasteiger charge is 2.35. The van der Waals surface area contributed by atoms with Gasteiger partial charge in [-0.1, -0.05) is 0 Å². The molecule has 0 bridgehead atoms. The van der Waals surface area contributed by atoms with E-state index in [0.717, 1.165) is 59.0 Å². The van der Waals surface area contributed by atoms with Crippen LogP contribution in [0.15, 0.2) is 42.6 Å². The second-order valence-electron chi connectivity index (χ2n) is 9.01. The van der Waals surface area contributed by atoms with Crippen LogP contribution in [0.25, 0.3) is 0 Å². The number of rotatable bonds is 5. The van der Waals surface area contributed by atoms with Crippen molar-refractivity contribution in [3.05, 3.63) is 65.1 Å². The molecule has 31 heavy (non-hydrogen) atoms. The molecule has 5 rings (SSSR count). The lowest BCUT2D eigenvalue weighted by molar-refractivity contribution is 0.0940. The van der Waals surface area contributed by atoms with Crippen molar-refractivity contribution < 1.29 is 9.53 Å². The van der Waals surface area contributed by atoms with Gasteiger partial charge in [-0.3, -0.25) is 14.9 Å². The van der Waals surface area contributed by atoms with Crippen LogP contribution >= 0.6 is 0 Å². The highest BCUT2D eigenvalue weighted by Crippen LogP contribution is 2.37. The lowest BCUT2D eigenvalue weighted by Gasteiger charge is -2.19. The number of benzene rings is 1. The maximum atomic E-state index is 12.1. The fourth-order valence-electron chi connectivity index (χ4n) is 4.62. The van der Waals surface area contributed by atoms with E-state index in [9.17, 15) is 4.79 Å². The van der Waals surface area contributed by atoms with E-state index in [-0.39, 0.29) is 17.6 Å². The predicted molar refractivity (Wildman–Crippen MR) is 119 cm³/mol. The fourth-order valence-corrected chi connectivity index (χ4v) is 4.62. The first-order valence-electron chi connectivity index (χ1n) is 10.8. The Bertz CT molecular complexity index is 1140. The van der Waals surface area contributed by atoms with Gasteiger partial charge in [0.25, 0.3) is 5.91 Å². The lowest BCUT2D eigenvalue weighted by atomic mass is 9.94. The summed E-state index contributed by atoms with van der Waals surface area (Å²) in [6, 6.07) is 11.8. The minimum atomic E-state index is -0.369. The molecule has 0 unspecified atom stereocenters. The maximum Gasteiger partial charge on any atom is 0.252 e. The first-order chi connectivity index (χ1) is 14.9. The number of carbonyl (C=O) groups excluding carboxylic acids is 1. The minimum Gasteiger partial charge on any atom is -0.489 e. The Morgan fingerprint density at radius 2 is 2.06 bits per heavy atom. The summed E-state index contributed by atoms with van der Waals surface area (Å²) in [7, 11) is 0. The van der Waals surface area contributed by atoms with Crippen LogP contribution in [0.2, 0.25) is 0 Å². The molecule has 1 aromatic carbocycles. The molecular weight excluding hydrogens is 390 g/mol. The molecule has 0 saturated heterocycles. The number of anilines is 2. The molecule has 3 N–H and O–H groups in total. The Labute approximate surface area is 181 Å². The molecule has 0 spiro atoms. The third-order valence-electron chi connectivity index (χ3n) is 6.31. The van der Waals surface area contributed by atoms with E-state index in [1.807, 2.05) is 51.1 Å². The third-order valence-corrected chi connectivity index (χ3v) is 6.31. The van der Waals surface area contributed by atoms with E-state index >= 15 is 0 Å². The summed E-state index contributed by atoms with van der Waals surface area (Å²) in [6.45, 7) is 6.00. The molecule has 160 valence electrons. The zero-order chi connectivity index (χ0) is 21.6. The van der Waals surface area contributed by atoms with Gasteiger partial charge in [-0.2, -0.15) is 5.10 Å². The fraction of sp³-hybridized carbons (Fsp3) is 0.375. The number of aromatic amines is 1. The summed E-state index contributed by atoms with van der Waals surface area (Å²) >= 11 is 0. The smallest absolute Gasteiger partial charge is 0.252 e. The van der Waals surface area contributed by atoms with Gasteiger partial charge in [0.15, 0.2) is 5.82 Å². The van der Waals surface area contributed by atoms with Crippen LogP contribution in [-0.4, -0.2) is 27.2 Å². The lowest BCUT2D eigenvalue weighted by Crippen LogP contribution is -2.32. The number of H-pyrrole nitrogens is 1. The molecule has 3 heterocycles. The van der Waals surface area contributed by atoms with Gasteiger partial charge in [0, 0.05) is 35.1 Å². The van der Waals surface area contributed by atoms with Gasteiger partial charge in [-0.15, -0.1) is 0 Å². The van der Waals surface area contributed by atoms with E-state index in [2.05, 4.69) is 31.9 Å². The van der Waals surface area contributed by atoms with E-state index in [1.165, 1.54) is 0 Å². The van der Waals surface area contributed by atoms with Crippen LogP contribution in [0, 0.1) is 6.92 Å². The number of nitrogens with zero attached hydrogens (tertiary/aromatic N) is 2. The summed E-state index contributed by atoms with van der Waals surface area (Å²) in [5, 5.41) is 14.0. The zero-order valence-electron chi connectivity index (χ0n) is 18.0. The average molecular weight is 418 g/mol. The Hall–Kier alpha value is -3.35. The Balaban J connectivity index is 1.25. The van der Waals surface area contributed by atoms with E-state index in [4.69, 9.17) is 4.74 Å². The van der Waals surface area contributed by atoms with Gasteiger partial charge in [-0.05, 0) is 75.9 Å². The Morgan fingerprint density at radius 1 is 1.19 bits per heavy atom. The highest BCUT2D eigenvalue weighted by molar-refractivity contribution is 6.00. The van der Waals surface area contributed by atoms with Gasteiger partial charge in [-0.25, -0.2) is 0 Å². The van der Waals surface area contributed by atoms with Crippen LogP contribution < -0.4 is 15.4 Å². The average Bonchev–Trinajstić information content (AvgIpc) is 3.43. The molecule has 1 saturated carbocycles. The summed E-state index contributed by atoms with van der Waals surface area (Å²) < 4.78 is 6.19. The number of pyridine rings is 1. The van der Waals surface area contributed by atoms with Crippen LogP contribution in [0.4, 0.5) is 11.5 Å². The SMILES string of the molecule is Cc1ncccc1O[C@@H]1CC[C@H](c2cc(Nc3ccc4c(c3)C(C)(C)NC4=O)n[nH]2)C1. The molecule has 1 fully saturated rings. The molecule has 2 aromatic heterocycles. The molecule has 1 aliphatic heterocycles. The van der Waals surface area contributed by atoms with Crippen molar-refractivity contribution in [2.24, 2.45) is 0 Å². The molecule has 2 atom stereocenters. The number of carbonyl (C=O) groups is 1. The first-order valence-corrected chi connectivity index (χ1v) is 10.8. The standard InChI is InChI=1S/C24H27N5O2/c1-14-21(5-4-10-25-14)31-17-8-6-15(11-17)20-13-22(29-28-20)26-16-7-9-18-19(12-16)24(2,3)27-23(18)30/h4-5,7,9-10,12-13,15,17H,6,8,11H2,1-3H3,(H,27,30)(H2,26,28,29)/t15-,17+/m0/s1. The summed E-state index contributed by atoms with van der Waals surface area (Å²) in [6.07, 6.45) is 5.01. The Kier molecular flexibility index (Phi) is 4.68.